The molecule has 1 saturated carbocycles. The van der Waals surface area contributed by atoms with Crippen molar-refractivity contribution >= 4 is 19.2 Å². The van der Waals surface area contributed by atoms with Crippen molar-refractivity contribution in [1.29, 1.82) is 0 Å². The lowest BCUT2D eigenvalue weighted by Crippen LogP contribution is -2.32. The van der Waals surface area contributed by atoms with Gasteiger partial charge in [-0.15, -0.1) is 0 Å². The maximum absolute atomic E-state index is 12.4. The minimum absolute atomic E-state index is 0.115. The van der Waals surface area contributed by atoms with Crippen LogP contribution in [0.4, 0.5) is 0 Å². The molecule has 0 bridgehead atoms. The Balaban J connectivity index is 2.55. The zero-order chi connectivity index (χ0) is 18.4. The molecular weight excluding hydrogens is 327 g/mol. The number of carbonyl (C=O) groups excluding carboxylic acids is 2. The van der Waals surface area contributed by atoms with Gasteiger partial charge < -0.3 is 9.05 Å². The van der Waals surface area contributed by atoms with Gasteiger partial charge in [-0.1, -0.05) is 20.8 Å². The van der Waals surface area contributed by atoms with Crippen LogP contribution in [0.15, 0.2) is 0 Å². The number of Topliss-reactive ketones (excluding diaryl/α,β-unsaturated/α-hetero) is 2. The summed E-state index contributed by atoms with van der Waals surface area (Å²) in [6.07, 6.45) is 3.10. The summed E-state index contributed by atoms with van der Waals surface area (Å²) in [5.74, 6) is 1.06. The van der Waals surface area contributed by atoms with Gasteiger partial charge in [-0.05, 0) is 44.9 Å². The highest BCUT2D eigenvalue weighted by molar-refractivity contribution is 7.54. The molecule has 0 aromatic heterocycles. The Bertz CT molecular complexity index is 478. The average molecular weight is 360 g/mol. The molecule has 0 spiro atoms. The van der Waals surface area contributed by atoms with E-state index in [0.717, 1.165) is 6.42 Å². The molecule has 0 aromatic rings. The van der Waals surface area contributed by atoms with Gasteiger partial charge >= 0.3 is 7.60 Å². The molecule has 1 aliphatic carbocycles. The van der Waals surface area contributed by atoms with Crippen LogP contribution in [0.25, 0.3) is 0 Å². The standard InChI is InChI=1S/C18H33O5P/c1-6-22-24(21,23-7-2)13-15(19)9-8-12-18(5)16(14(3)4)10-11-17(18)20/h14,16H,6-13H2,1-5H3/t16-,18-/m1/s1. The third kappa shape index (κ3) is 5.50. The second-order valence-electron chi connectivity index (χ2n) is 7.23. The smallest absolute Gasteiger partial charge is 0.309 e. The van der Waals surface area contributed by atoms with Gasteiger partial charge in [0.1, 0.15) is 17.7 Å². The summed E-state index contributed by atoms with van der Waals surface area (Å²) >= 11 is 0. The fourth-order valence-corrected chi connectivity index (χ4v) is 5.60. The number of hydrogen-bond donors (Lipinski definition) is 0. The molecule has 2 atom stereocenters. The van der Waals surface area contributed by atoms with Crippen molar-refractivity contribution in [2.24, 2.45) is 17.3 Å². The van der Waals surface area contributed by atoms with Crippen LogP contribution < -0.4 is 0 Å². The van der Waals surface area contributed by atoms with Gasteiger partial charge in [0.25, 0.3) is 0 Å². The highest BCUT2D eigenvalue weighted by Gasteiger charge is 2.46. The molecule has 0 radical (unpaired) electrons. The molecule has 0 aliphatic heterocycles. The van der Waals surface area contributed by atoms with Crippen LogP contribution in [0.5, 0.6) is 0 Å². The zero-order valence-corrected chi connectivity index (χ0v) is 16.7. The second kappa shape index (κ2) is 9.26. The Hall–Kier alpha value is -0.510. The van der Waals surface area contributed by atoms with Crippen molar-refractivity contribution in [3.63, 3.8) is 0 Å². The molecule has 0 unspecified atom stereocenters. The maximum Gasteiger partial charge on any atom is 0.338 e. The third-order valence-corrected chi connectivity index (χ3v) is 7.16. The van der Waals surface area contributed by atoms with Crippen molar-refractivity contribution in [2.45, 2.75) is 66.7 Å². The summed E-state index contributed by atoms with van der Waals surface area (Å²) < 4.78 is 22.7. The lowest BCUT2D eigenvalue weighted by molar-refractivity contribution is -0.128. The van der Waals surface area contributed by atoms with E-state index in [0.29, 0.717) is 43.3 Å². The SMILES string of the molecule is CCOP(=O)(CC(=O)CCC[C@@]1(C)C(=O)CC[C@@H]1C(C)C)OCC. The predicted octanol–water partition coefficient (Wildman–Crippen LogP) is 4.63. The first-order valence-corrected chi connectivity index (χ1v) is 10.8. The fourth-order valence-electron chi connectivity index (χ4n) is 3.96. The van der Waals surface area contributed by atoms with Crippen LogP contribution in [0.2, 0.25) is 0 Å². The Kier molecular flexibility index (Phi) is 8.31. The van der Waals surface area contributed by atoms with Gasteiger partial charge in [0.05, 0.1) is 13.2 Å². The van der Waals surface area contributed by atoms with Crippen molar-refractivity contribution in [2.75, 3.05) is 19.4 Å². The van der Waals surface area contributed by atoms with Gasteiger partial charge in [0.15, 0.2) is 0 Å². The fraction of sp³-hybridized carbons (Fsp3) is 0.889. The number of hydrogen-bond acceptors (Lipinski definition) is 5. The summed E-state index contributed by atoms with van der Waals surface area (Å²) in [7, 11) is -3.31. The van der Waals surface area contributed by atoms with Crippen LogP contribution in [0.3, 0.4) is 0 Å². The summed E-state index contributed by atoms with van der Waals surface area (Å²) in [5, 5.41) is 0. The summed E-state index contributed by atoms with van der Waals surface area (Å²) in [6, 6.07) is 0. The van der Waals surface area contributed by atoms with E-state index in [9.17, 15) is 14.2 Å². The quantitative estimate of drug-likeness (QED) is 0.502. The van der Waals surface area contributed by atoms with E-state index in [2.05, 4.69) is 13.8 Å². The van der Waals surface area contributed by atoms with Gasteiger partial charge in [-0.2, -0.15) is 0 Å². The first-order valence-electron chi connectivity index (χ1n) is 9.11. The molecule has 0 amide bonds. The van der Waals surface area contributed by atoms with E-state index < -0.39 is 7.60 Å². The molecule has 0 heterocycles. The summed E-state index contributed by atoms with van der Waals surface area (Å²) in [6.45, 7) is 10.3. The molecule has 1 fully saturated rings. The minimum atomic E-state index is -3.31. The molecule has 1 rings (SSSR count). The first kappa shape index (κ1) is 21.5. The molecule has 0 aromatic carbocycles. The van der Waals surface area contributed by atoms with E-state index in [1.165, 1.54) is 0 Å². The highest BCUT2D eigenvalue weighted by atomic mass is 31.2. The van der Waals surface area contributed by atoms with E-state index in [-0.39, 0.29) is 30.6 Å². The van der Waals surface area contributed by atoms with E-state index in [4.69, 9.17) is 9.05 Å². The first-order chi connectivity index (χ1) is 11.2. The Morgan fingerprint density at radius 1 is 1.29 bits per heavy atom. The molecule has 0 N–H and O–H groups in total. The normalized spacial score (nSPS) is 24.8. The van der Waals surface area contributed by atoms with Crippen molar-refractivity contribution in [3.05, 3.63) is 0 Å². The molecule has 24 heavy (non-hydrogen) atoms. The van der Waals surface area contributed by atoms with Gasteiger partial charge in [-0.25, -0.2) is 0 Å². The molecule has 0 saturated heterocycles. The number of carbonyl (C=O) groups is 2. The largest absolute Gasteiger partial charge is 0.338 e. The van der Waals surface area contributed by atoms with Crippen molar-refractivity contribution in [1.82, 2.24) is 0 Å². The van der Waals surface area contributed by atoms with Gasteiger partial charge in [0, 0.05) is 18.3 Å². The summed E-state index contributed by atoms with van der Waals surface area (Å²) in [5.41, 5.74) is -0.321. The van der Waals surface area contributed by atoms with Gasteiger partial charge in [-0.3, -0.25) is 14.2 Å². The Labute approximate surface area is 146 Å². The Morgan fingerprint density at radius 2 is 1.88 bits per heavy atom. The van der Waals surface area contributed by atoms with Gasteiger partial charge in [0.2, 0.25) is 0 Å². The average Bonchev–Trinajstić information content (AvgIpc) is 2.75. The van der Waals surface area contributed by atoms with Crippen LogP contribution in [-0.4, -0.2) is 30.9 Å². The van der Waals surface area contributed by atoms with E-state index >= 15 is 0 Å². The topological polar surface area (TPSA) is 69.7 Å². The minimum Gasteiger partial charge on any atom is -0.309 e. The summed E-state index contributed by atoms with van der Waals surface area (Å²) in [4.78, 5) is 24.5. The van der Waals surface area contributed by atoms with Crippen LogP contribution >= 0.6 is 7.60 Å². The van der Waals surface area contributed by atoms with Crippen molar-refractivity contribution in [3.8, 4) is 0 Å². The van der Waals surface area contributed by atoms with Crippen LogP contribution in [0, 0.1) is 17.3 Å². The monoisotopic (exact) mass is 360 g/mol. The highest BCUT2D eigenvalue weighted by Crippen LogP contribution is 2.49. The molecule has 1 aliphatic rings. The number of ketones is 2. The third-order valence-electron chi connectivity index (χ3n) is 5.12. The maximum atomic E-state index is 12.4. The zero-order valence-electron chi connectivity index (χ0n) is 15.8. The lowest BCUT2D eigenvalue weighted by atomic mass is 9.70. The van der Waals surface area contributed by atoms with E-state index in [1.807, 2.05) is 6.92 Å². The lowest BCUT2D eigenvalue weighted by Gasteiger charge is -2.32. The Morgan fingerprint density at radius 3 is 2.38 bits per heavy atom. The van der Waals surface area contributed by atoms with Crippen LogP contribution in [-0.2, 0) is 23.2 Å². The molecule has 6 heteroatoms. The molecule has 5 nitrogen and oxygen atoms in total. The van der Waals surface area contributed by atoms with E-state index in [1.54, 1.807) is 13.8 Å². The number of rotatable bonds is 11. The predicted molar refractivity (Wildman–Crippen MR) is 95.3 cm³/mol. The van der Waals surface area contributed by atoms with Crippen molar-refractivity contribution < 1.29 is 23.2 Å². The molecular formula is C18H33O5P. The van der Waals surface area contributed by atoms with Crippen LogP contribution in [0.1, 0.15) is 66.7 Å². The second-order valence-corrected chi connectivity index (χ2v) is 9.28. The molecule has 140 valence electrons.